The van der Waals surface area contributed by atoms with Crippen molar-refractivity contribution < 1.29 is 27.6 Å². The highest BCUT2D eigenvalue weighted by molar-refractivity contribution is 8.01. The Kier molecular flexibility index (Phi) is 5.83. The largest absolute Gasteiger partial charge is 0.416 e. The van der Waals surface area contributed by atoms with Gasteiger partial charge in [-0.15, -0.1) is 11.8 Å². The van der Waals surface area contributed by atoms with Gasteiger partial charge in [0, 0.05) is 17.0 Å². The van der Waals surface area contributed by atoms with Crippen LogP contribution in [0.2, 0.25) is 0 Å². The van der Waals surface area contributed by atoms with Gasteiger partial charge in [-0.25, -0.2) is 0 Å². The molecule has 4 N–H and O–H groups in total. The zero-order chi connectivity index (χ0) is 21.2. The van der Waals surface area contributed by atoms with Gasteiger partial charge in [0.2, 0.25) is 17.7 Å². The van der Waals surface area contributed by atoms with Crippen LogP contribution in [0.1, 0.15) is 17.5 Å². The Bertz CT molecular complexity index is 961. The molecular weight excluding hydrogens is 407 g/mol. The summed E-state index contributed by atoms with van der Waals surface area (Å²) in [6.45, 7) is 0. The summed E-state index contributed by atoms with van der Waals surface area (Å²) in [7, 11) is 0. The quantitative estimate of drug-likeness (QED) is 0.688. The predicted molar refractivity (Wildman–Crippen MR) is 102 cm³/mol. The van der Waals surface area contributed by atoms with Crippen molar-refractivity contribution in [3.8, 4) is 0 Å². The molecule has 0 spiro atoms. The highest BCUT2D eigenvalue weighted by atomic mass is 32.2. The average molecular weight is 423 g/mol. The normalized spacial score (nSPS) is 16.0. The fraction of sp³-hybridized carbons (Fsp3) is 0.211. The molecule has 10 heteroatoms. The summed E-state index contributed by atoms with van der Waals surface area (Å²) in [4.78, 5) is 35.8. The average Bonchev–Trinajstić information content (AvgIpc) is 2.62. The molecule has 152 valence electrons. The molecule has 2 aromatic carbocycles. The van der Waals surface area contributed by atoms with Crippen LogP contribution < -0.4 is 16.4 Å². The molecule has 1 aliphatic heterocycles. The molecule has 0 bridgehead atoms. The van der Waals surface area contributed by atoms with Crippen LogP contribution in [-0.2, 0) is 27.0 Å². The van der Waals surface area contributed by atoms with Crippen LogP contribution in [0.5, 0.6) is 0 Å². The molecule has 0 radical (unpaired) electrons. The molecule has 3 amide bonds. The van der Waals surface area contributed by atoms with Crippen molar-refractivity contribution in [2.75, 3.05) is 10.6 Å². The summed E-state index contributed by atoms with van der Waals surface area (Å²) < 4.78 is 38.4. The van der Waals surface area contributed by atoms with Gasteiger partial charge >= 0.3 is 6.18 Å². The SMILES string of the molecule is NC(=O)Cc1ccc(NC(=O)CC2Sc3ccc(C(F)(F)F)cc3NC2=O)cc1. The van der Waals surface area contributed by atoms with Gasteiger partial charge in [0.25, 0.3) is 0 Å². The number of halogens is 3. The van der Waals surface area contributed by atoms with E-state index in [1.807, 2.05) is 0 Å². The number of amides is 3. The second-order valence-corrected chi connectivity index (χ2v) is 7.64. The van der Waals surface area contributed by atoms with E-state index in [-0.39, 0.29) is 18.5 Å². The van der Waals surface area contributed by atoms with Gasteiger partial charge in [0.1, 0.15) is 0 Å². The highest BCUT2D eigenvalue weighted by Gasteiger charge is 2.34. The molecule has 6 nitrogen and oxygen atoms in total. The minimum Gasteiger partial charge on any atom is -0.369 e. The monoisotopic (exact) mass is 423 g/mol. The third kappa shape index (κ3) is 5.29. The van der Waals surface area contributed by atoms with Crippen molar-refractivity contribution in [1.29, 1.82) is 0 Å². The van der Waals surface area contributed by atoms with Crippen LogP contribution >= 0.6 is 11.8 Å². The maximum atomic E-state index is 12.8. The van der Waals surface area contributed by atoms with Crippen LogP contribution in [-0.4, -0.2) is 23.0 Å². The molecule has 0 saturated carbocycles. The van der Waals surface area contributed by atoms with Crippen molar-refractivity contribution in [3.05, 3.63) is 53.6 Å². The van der Waals surface area contributed by atoms with Crippen molar-refractivity contribution in [1.82, 2.24) is 0 Å². The maximum absolute atomic E-state index is 12.8. The first-order valence-electron chi connectivity index (χ1n) is 8.47. The van der Waals surface area contributed by atoms with E-state index in [0.717, 1.165) is 23.9 Å². The number of anilines is 2. The Hall–Kier alpha value is -3.01. The Morgan fingerprint density at radius 3 is 2.45 bits per heavy atom. The van der Waals surface area contributed by atoms with E-state index < -0.39 is 34.7 Å². The van der Waals surface area contributed by atoms with Crippen molar-refractivity contribution in [3.63, 3.8) is 0 Å². The van der Waals surface area contributed by atoms with Crippen LogP contribution in [0.15, 0.2) is 47.4 Å². The fourth-order valence-electron chi connectivity index (χ4n) is 2.75. The number of alkyl halides is 3. The molecule has 1 atom stereocenters. The van der Waals surface area contributed by atoms with E-state index in [1.165, 1.54) is 6.07 Å². The lowest BCUT2D eigenvalue weighted by atomic mass is 10.1. The number of primary amides is 1. The summed E-state index contributed by atoms with van der Waals surface area (Å²) in [5.41, 5.74) is 5.53. The zero-order valence-electron chi connectivity index (χ0n) is 14.9. The lowest BCUT2D eigenvalue weighted by Crippen LogP contribution is -2.32. The number of nitrogens with one attached hydrogen (secondary N) is 2. The molecule has 3 rings (SSSR count). The summed E-state index contributed by atoms with van der Waals surface area (Å²) >= 11 is 1.04. The first-order valence-corrected chi connectivity index (χ1v) is 9.35. The number of rotatable bonds is 5. The number of hydrogen-bond acceptors (Lipinski definition) is 4. The van der Waals surface area contributed by atoms with Gasteiger partial charge in [-0.1, -0.05) is 12.1 Å². The Morgan fingerprint density at radius 1 is 1.14 bits per heavy atom. The fourth-order valence-corrected chi connectivity index (χ4v) is 3.84. The Morgan fingerprint density at radius 2 is 1.83 bits per heavy atom. The molecule has 1 aliphatic rings. The van der Waals surface area contributed by atoms with Gasteiger partial charge in [-0.2, -0.15) is 13.2 Å². The second kappa shape index (κ2) is 8.16. The number of thioether (sulfide) groups is 1. The van der Waals surface area contributed by atoms with Gasteiger partial charge < -0.3 is 16.4 Å². The second-order valence-electron chi connectivity index (χ2n) is 6.40. The standard InChI is InChI=1S/C19H16F3N3O3S/c20-19(21,22)11-3-6-14-13(8-11)25-18(28)15(29-14)9-17(27)24-12-4-1-10(2-5-12)7-16(23)26/h1-6,8,15H,7,9H2,(H2,23,26)(H,24,27)(H,25,28). The molecule has 1 unspecified atom stereocenters. The van der Waals surface area contributed by atoms with Gasteiger partial charge in [0.05, 0.1) is 22.9 Å². The van der Waals surface area contributed by atoms with Crippen LogP contribution in [0, 0.1) is 0 Å². The third-order valence-electron chi connectivity index (χ3n) is 4.11. The molecule has 2 aromatic rings. The summed E-state index contributed by atoms with van der Waals surface area (Å²) in [5.74, 6) is -1.42. The minimum atomic E-state index is -4.51. The molecule has 29 heavy (non-hydrogen) atoms. The first-order chi connectivity index (χ1) is 13.6. The molecule has 1 heterocycles. The Labute approximate surface area is 168 Å². The smallest absolute Gasteiger partial charge is 0.369 e. The van der Waals surface area contributed by atoms with Crippen molar-refractivity contribution in [2.45, 2.75) is 29.2 Å². The van der Waals surface area contributed by atoms with Gasteiger partial charge in [-0.3, -0.25) is 14.4 Å². The zero-order valence-corrected chi connectivity index (χ0v) is 15.7. The third-order valence-corrected chi connectivity index (χ3v) is 5.39. The lowest BCUT2D eigenvalue weighted by molar-refractivity contribution is -0.137. The lowest BCUT2D eigenvalue weighted by Gasteiger charge is -2.24. The molecule has 0 aromatic heterocycles. The van der Waals surface area contributed by atoms with E-state index in [4.69, 9.17) is 5.73 Å². The van der Waals surface area contributed by atoms with Crippen LogP contribution in [0.25, 0.3) is 0 Å². The first kappa shape index (κ1) is 20.7. The van der Waals surface area contributed by atoms with E-state index in [1.54, 1.807) is 24.3 Å². The topological polar surface area (TPSA) is 101 Å². The maximum Gasteiger partial charge on any atom is 0.416 e. The number of benzene rings is 2. The highest BCUT2D eigenvalue weighted by Crippen LogP contribution is 2.40. The number of nitrogens with two attached hydrogens (primary N) is 1. The van der Waals surface area contributed by atoms with E-state index in [9.17, 15) is 27.6 Å². The number of carbonyl (C=O) groups is 3. The van der Waals surface area contributed by atoms with E-state index >= 15 is 0 Å². The molecule has 0 fully saturated rings. The summed E-state index contributed by atoms with van der Waals surface area (Å²) in [6.07, 6.45) is -4.57. The van der Waals surface area contributed by atoms with Crippen molar-refractivity contribution >= 4 is 40.9 Å². The summed E-state index contributed by atoms with van der Waals surface area (Å²) in [5, 5.41) is 4.31. The minimum absolute atomic E-state index is 0.0801. The van der Waals surface area contributed by atoms with E-state index in [0.29, 0.717) is 16.1 Å². The summed E-state index contributed by atoms with van der Waals surface area (Å²) in [6, 6.07) is 9.62. The Balaban J connectivity index is 1.63. The molecular formula is C19H16F3N3O3S. The van der Waals surface area contributed by atoms with Crippen LogP contribution in [0.4, 0.5) is 24.5 Å². The predicted octanol–water partition coefficient (Wildman–Crippen LogP) is 3.17. The van der Waals surface area contributed by atoms with Gasteiger partial charge in [0.15, 0.2) is 0 Å². The number of fused-ring (bicyclic) bond motifs is 1. The number of hydrogen-bond donors (Lipinski definition) is 3. The van der Waals surface area contributed by atoms with Crippen LogP contribution in [0.3, 0.4) is 0 Å². The van der Waals surface area contributed by atoms with E-state index in [2.05, 4.69) is 10.6 Å². The number of carbonyl (C=O) groups excluding carboxylic acids is 3. The van der Waals surface area contributed by atoms with Crippen molar-refractivity contribution in [2.24, 2.45) is 5.73 Å². The molecule has 0 saturated heterocycles. The van der Waals surface area contributed by atoms with Gasteiger partial charge in [-0.05, 0) is 35.9 Å². The molecule has 0 aliphatic carbocycles.